The number of fused-ring (bicyclic) bond motifs is 1. The molecule has 0 amide bonds. The van der Waals surface area contributed by atoms with E-state index in [-0.39, 0.29) is 0 Å². The fraction of sp³-hybridized carbons (Fsp3) is 0.875. The van der Waals surface area contributed by atoms with Gasteiger partial charge in [0, 0.05) is 12.3 Å². The molecule has 0 radical (unpaired) electrons. The van der Waals surface area contributed by atoms with Crippen molar-refractivity contribution in [2.24, 2.45) is 23.5 Å². The number of carbonyl (C=O) groups excluding carboxylic acids is 1. The average molecular weight is 139 g/mol. The molecule has 3 unspecified atom stereocenters. The Kier molecular flexibility index (Phi) is 1.31. The van der Waals surface area contributed by atoms with Crippen LogP contribution < -0.4 is 5.73 Å². The lowest BCUT2D eigenvalue weighted by atomic mass is 9.99. The fourth-order valence-corrected chi connectivity index (χ4v) is 2.20. The average Bonchev–Trinajstić information content (AvgIpc) is 2.57. The lowest BCUT2D eigenvalue weighted by Gasteiger charge is -2.06. The third-order valence-corrected chi connectivity index (χ3v) is 2.85. The lowest BCUT2D eigenvalue weighted by molar-refractivity contribution is -0.121. The van der Waals surface area contributed by atoms with Crippen molar-refractivity contribution >= 4 is 5.78 Å². The molecule has 2 saturated carbocycles. The molecule has 0 aromatic rings. The van der Waals surface area contributed by atoms with Crippen LogP contribution in [0.25, 0.3) is 0 Å². The van der Waals surface area contributed by atoms with E-state index in [4.69, 9.17) is 5.73 Å². The molecular weight excluding hydrogens is 126 g/mol. The predicted octanol–water partition coefficient (Wildman–Crippen LogP) is 0.560. The quantitative estimate of drug-likeness (QED) is 0.607. The van der Waals surface area contributed by atoms with E-state index in [2.05, 4.69) is 0 Å². The van der Waals surface area contributed by atoms with Gasteiger partial charge in [-0.2, -0.15) is 0 Å². The van der Waals surface area contributed by atoms with Crippen molar-refractivity contribution in [3.8, 4) is 0 Å². The van der Waals surface area contributed by atoms with Gasteiger partial charge in [-0.1, -0.05) is 0 Å². The van der Waals surface area contributed by atoms with Gasteiger partial charge in [0.05, 0.1) is 0 Å². The highest BCUT2D eigenvalue weighted by atomic mass is 16.1. The van der Waals surface area contributed by atoms with Crippen molar-refractivity contribution in [3.05, 3.63) is 0 Å². The Morgan fingerprint density at radius 3 is 2.90 bits per heavy atom. The van der Waals surface area contributed by atoms with Crippen molar-refractivity contribution in [1.82, 2.24) is 0 Å². The molecule has 2 heteroatoms. The Bertz CT molecular complexity index is 167. The number of hydrogen-bond donors (Lipinski definition) is 1. The fourth-order valence-electron chi connectivity index (χ4n) is 2.20. The zero-order valence-electron chi connectivity index (χ0n) is 6.05. The molecule has 0 bridgehead atoms. The molecule has 0 aromatic carbocycles. The maximum absolute atomic E-state index is 11.1. The highest BCUT2D eigenvalue weighted by Crippen LogP contribution is 2.54. The van der Waals surface area contributed by atoms with Crippen LogP contribution in [0.2, 0.25) is 0 Å². The molecule has 3 atom stereocenters. The minimum Gasteiger partial charge on any atom is -0.330 e. The zero-order chi connectivity index (χ0) is 7.14. The highest BCUT2D eigenvalue weighted by Gasteiger charge is 2.52. The first-order valence-electron chi connectivity index (χ1n) is 4.05. The van der Waals surface area contributed by atoms with Crippen LogP contribution in [0.1, 0.15) is 19.3 Å². The minimum absolute atomic E-state index is 0.356. The molecule has 0 spiro atoms. The van der Waals surface area contributed by atoms with Crippen LogP contribution in [0.5, 0.6) is 0 Å². The summed E-state index contributed by atoms with van der Waals surface area (Å²) in [4.78, 5) is 11.1. The first-order chi connectivity index (χ1) is 4.83. The van der Waals surface area contributed by atoms with Crippen molar-refractivity contribution in [2.75, 3.05) is 6.54 Å². The molecule has 2 nitrogen and oxygen atoms in total. The normalized spacial score (nSPS) is 43.7. The van der Waals surface area contributed by atoms with E-state index in [0.717, 1.165) is 24.7 Å². The molecule has 0 aromatic heterocycles. The van der Waals surface area contributed by atoms with Crippen molar-refractivity contribution in [1.29, 1.82) is 0 Å². The van der Waals surface area contributed by atoms with Crippen LogP contribution in [0.3, 0.4) is 0 Å². The van der Waals surface area contributed by atoms with E-state index in [1.165, 1.54) is 6.42 Å². The van der Waals surface area contributed by atoms with Gasteiger partial charge in [0.1, 0.15) is 5.78 Å². The Morgan fingerprint density at radius 2 is 2.40 bits per heavy atom. The maximum atomic E-state index is 11.1. The third kappa shape index (κ3) is 0.788. The van der Waals surface area contributed by atoms with Gasteiger partial charge >= 0.3 is 0 Å². The molecule has 56 valence electrons. The van der Waals surface area contributed by atoms with E-state index in [1.54, 1.807) is 0 Å². The Labute approximate surface area is 60.8 Å². The van der Waals surface area contributed by atoms with Crippen molar-refractivity contribution in [2.45, 2.75) is 19.3 Å². The van der Waals surface area contributed by atoms with Crippen LogP contribution in [0.15, 0.2) is 0 Å². The summed E-state index contributed by atoms with van der Waals surface area (Å²) in [6.07, 6.45) is 3.09. The van der Waals surface area contributed by atoms with Gasteiger partial charge < -0.3 is 5.73 Å². The largest absolute Gasteiger partial charge is 0.330 e. The topological polar surface area (TPSA) is 43.1 Å². The van der Waals surface area contributed by atoms with E-state index in [1.807, 2.05) is 0 Å². The van der Waals surface area contributed by atoms with Crippen LogP contribution in [-0.4, -0.2) is 12.3 Å². The standard InChI is InChI=1S/C8H13NO/c9-2-1-6-7-3-5(7)4-8(6)10/h5-7H,1-4,9H2. The van der Waals surface area contributed by atoms with Crippen molar-refractivity contribution < 1.29 is 4.79 Å². The minimum atomic E-state index is 0.356. The molecule has 2 rings (SSSR count). The van der Waals surface area contributed by atoms with Crippen LogP contribution >= 0.6 is 0 Å². The molecule has 2 fully saturated rings. The van der Waals surface area contributed by atoms with Crippen molar-refractivity contribution in [3.63, 3.8) is 0 Å². The summed E-state index contributed by atoms with van der Waals surface area (Å²) in [6, 6.07) is 0. The number of nitrogens with two attached hydrogens (primary N) is 1. The SMILES string of the molecule is NCCC1C(=O)CC2CC21. The second-order valence-electron chi connectivity index (χ2n) is 3.51. The van der Waals surface area contributed by atoms with E-state index in [9.17, 15) is 4.79 Å². The summed E-state index contributed by atoms with van der Waals surface area (Å²) >= 11 is 0. The summed E-state index contributed by atoms with van der Waals surface area (Å²) in [5.41, 5.74) is 5.40. The summed E-state index contributed by atoms with van der Waals surface area (Å²) in [7, 11) is 0. The van der Waals surface area contributed by atoms with Gasteiger partial charge in [-0.3, -0.25) is 4.79 Å². The Hall–Kier alpha value is -0.370. The highest BCUT2D eigenvalue weighted by molar-refractivity contribution is 5.85. The number of rotatable bonds is 2. The third-order valence-electron chi connectivity index (χ3n) is 2.85. The van der Waals surface area contributed by atoms with E-state index < -0.39 is 0 Å². The lowest BCUT2D eigenvalue weighted by Crippen LogP contribution is -2.15. The summed E-state index contributed by atoms with van der Waals surface area (Å²) in [5.74, 6) is 2.35. The van der Waals surface area contributed by atoms with Gasteiger partial charge in [0.2, 0.25) is 0 Å². The van der Waals surface area contributed by atoms with Gasteiger partial charge in [0.15, 0.2) is 0 Å². The molecule has 0 heterocycles. The molecule has 2 aliphatic carbocycles. The first kappa shape index (κ1) is 6.35. The van der Waals surface area contributed by atoms with Gasteiger partial charge in [-0.25, -0.2) is 0 Å². The second kappa shape index (κ2) is 2.06. The predicted molar refractivity (Wildman–Crippen MR) is 38.4 cm³/mol. The van der Waals surface area contributed by atoms with E-state index >= 15 is 0 Å². The summed E-state index contributed by atoms with van der Waals surface area (Å²) in [6.45, 7) is 0.680. The maximum Gasteiger partial charge on any atom is 0.136 e. The molecule has 2 N–H and O–H groups in total. The monoisotopic (exact) mass is 139 g/mol. The number of ketones is 1. The smallest absolute Gasteiger partial charge is 0.136 e. The first-order valence-corrected chi connectivity index (χ1v) is 4.05. The van der Waals surface area contributed by atoms with Crippen LogP contribution in [0.4, 0.5) is 0 Å². The molecule has 0 saturated heterocycles. The van der Waals surface area contributed by atoms with Gasteiger partial charge in [-0.15, -0.1) is 0 Å². The number of hydrogen-bond acceptors (Lipinski definition) is 2. The second-order valence-corrected chi connectivity index (χ2v) is 3.51. The zero-order valence-corrected chi connectivity index (χ0v) is 6.05. The van der Waals surface area contributed by atoms with Gasteiger partial charge in [0.25, 0.3) is 0 Å². The van der Waals surface area contributed by atoms with E-state index in [0.29, 0.717) is 18.2 Å². The van der Waals surface area contributed by atoms with Crippen LogP contribution in [-0.2, 0) is 4.79 Å². The Morgan fingerprint density at radius 1 is 1.60 bits per heavy atom. The molecule has 2 aliphatic rings. The number of Topliss-reactive ketones (excluding diaryl/α,β-unsaturated/α-hetero) is 1. The molecule has 0 aliphatic heterocycles. The van der Waals surface area contributed by atoms with Gasteiger partial charge in [-0.05, 0) is 31.2 Å². The number of carbonyl (C=O) groups is 1. The Balaban J connectivity index is 1.98. The molecular formula is C8H13NO. The van der Waals surface area contributed by atoms with Crippen LogP contribution in [0, 0.1) is 17.8 Å². The molecule has 10 heavy (non-hydrogen) atoms. The summed E-state index contributed by atoms with van der Waals surface area (Å²) < 4.78 is 0. The summed E-state index contributed by atoms with van der Waals surface area (Å²) in [5, 5.41) is 0.